The highest BCUT2D eigenvalue weighted by Crippen LogP contribution is 2.36. The van der Waals surface area contributed by atoms with E-state index in [0.717, 1.165) is 24.1 Å². The summed E-state index contributed by atoms with van der Waals surface area (Å²) in [6.45, 7) is 0.369. The molecule has 0 radical (unpaired) electrons. The van der Waals surface area contributed by atoms with Crippen LogP contribution in [0.2, 0.25) is 0 Å². The van der Waals surface area contributed by atoms with Crippen LogP contribution in [-0.4, -0.2) is 26.2 Å². The van der Waals surface area contributed by atoms with Crippen LogP contribution in [-0.2, 0) is 11.2 Å². The van der Waals surface area contributed by atoms with Crippen molar-refractivity contribution < 1.29 is 18.7 Å². The SMILES string of the molecule is COc1cccc2c1N(C(=O)COc1ccc(Br)cc1F)CCC2. The maximum absolute atomic E-state index is 13.8. The molecule has 126 valence electrons. The number of benzene rings is 2. The van der Waals surface area contributed by atoms with Crippen molar-refractivity contribution >= 4 is 27.5 Å². The highest BCUT2D eigenvalue weighted by atomic mass is 79.9. The molecule has 0 bridgehead atoms. The smallest absolute Gasteiger partial charge is 0.265 e. The van der Waals surface area contributed by atoms with E-state index in [1.807, 2.05) is 18.2 Å². The van der Waals surface area contributed by atoms with E-state index in [4.69, 9.17) is 9.47 Å². The van der Waals surface area contributed by atoms with Gasteiger partial charge in [-0.05, 0) is 42.7 Å². The predicted molar refractivity (Wildman–Crippen MR) is 93.3 cm³/mol. The first-order valence-corrected chi connectivity index (χ1v) is 8.43. The second-order valence-corrected chi connectivity index (χ2v) is 6.40. The van der Waals surface area contributed by atoms with Crippen molar-refractivity contribution in [1.82, 2.24) is 0 Å². The first-order valence-electron chi connectivity index (χ1n) is 7.64. The van der Waals surface area contributed by atoms with E-state index >= 15 is 0 Å². The Labute approximate surface area is 148 Å². The van der Waals surface area contributed by atoms with Crippen molar-refractivity contribution in [2.45, 2.75) is 12.8 Å². The van der Waals surface area contributed by atoms with Crippen molar-refractivity contribution in [3.05, 3.63) is 52.3 Å². The van der Waals surface area contributed by atoms with Crippen LogP contribution in [0.15, 0.2) is 40.9 Å². The average Bonchev–Trinajstić information content (AvgIpc) is 2.59. The number of amides is 1. The Balaban J connectivity index is 1.77. The van der Waals surface area contributed by atoms with Gasteiger partial charge in [-0.15, -0.1) is 0 Å². The summed E-state index contributed by atoms with van der Waals surface area (Å²) < 4.78 is 25.2. The summed E-state index contributed by atoms with van der Waals surface area (Å²) in [6, 6.07) is 10.2. The minimum absolute atomic E-state index is 0.0591. The largest absolute Gasteiger partial charge is 0.495 e. The van der Waals surface area contributed by atoms with Gasteiger partial charge < -0.3 is 14.4 Å². The molecule has 1 aliphatic rings. The topological polar surface area (TPSA) is 38.8 Å². The van der Waals surface area contributed by atoms with Crippen LogP contribution >= 0.6 is 15.9 Å². The molecule has 0 saturated heterocycles. The molecular weight excluding hydrogens is 377 g/mol. The molecule has 2 aromatic carbocycles. The lowest BCUT2D eigenvalue weighted by atomic mass is 10.0. The summed E-state index contributed by atoms with van der Waals surface area (Å²) in [7, 11) is 1.58. The quantitative estimate of drug-likeness (QED) is 0.788. The number of fused-ring (bicyclic) bond motifs is 1. The number of nitrogens with zero attached hydrogens (tertiary/aromatic N) is 1. The first-order chi connectivity index (χ1) is 11.6. The standard InChI is InChI=1S/C18H17BrFNO3/c1-23-16-6-2-4-12-5-3-9-21(18(12)16)17(22)11-24-15-8-7-13(19)10-14(15)20/h2,4,6-8,10H,3,5,9,11H2,1H3. The van der Waals surface area contributed by atoms with Gasteiger partial charge in [0.15, 0.2) is 18.2 Å². The molecular formula is C18H17BrFNO3. The number of aryl methyl sites for hydroxylation is 1. The Kier molecular flexibility index (Phi) is 5.04. The number of hydrogen-bond acceptors (Lipinski definition) is 3. The van der Waals surface area contributed by atoms with Gasteiger partial charge in [-0.3, -0.25) is 4.79 Å². The molecule has 1 aliphatic heterocycles. The zero-order valence-corrected chi connectivity index (χ0v) is 14.8. The van der Waals surface area contributed by atoms with Gasteiger partial charge >= 0.3 is 0 Å². The lowest BCUT2D eigenvalue weighted by Crippen LogP contribution is -2.39. The highest BCUT2D eigenvalue weighted by Gasteiger charge is 2.26. The number of para-hydroxylation sites is 1. The van der Waals surface area contributed by atoms with Crippen molar-refractivity contribution in [2.75, 3.05) is 25.2 Å². The minimum atomic E-state index is -0.506. The van der Waals surface area contributed by atoms with E-state index in [2.05, 4.69) is 15.9 Å². The monoisotopic (exact) mass is 393 g/mol. The molecule has 0 aliphatic carbocycles. The number of anilines is 1. The molecule has 0 unspecified atom stereocenters. The van der Waals surface area contributed by atoms with Gasteiger partial charge in [0.25, 0.3) is 5.91 Å². The number of carbonyl (C=O) groups excluding carboxylic acids is 1. The molecule has 0 atom stereocenters. The number of methoxy groups -OCH3 is 1. The summed E-state index contributed by atoms with van der Waals surface area (Å²) in [5.74, 6) is -0.00393. The van der Waals surface area contributed by atoms with Gasteiger partial charge in [0.1, 0.15) is 5.75 Å². The van der Waals surface area contributed by atoms with Crippen LogP contribution < -0.4 is 14.4 Å². The molecule has 2 aromatic rings. The van der Waals surface area contributed by atoms with E-state index in [0.29, 0.717) is 16.8 Å². The van der Waals surface area contributed by atoms with E-state index in [1.165, 1.54) is 12.1 Å². The summed E-state index contributed by atoms with van der Waals surface area (Å²) in [6.07, 6.45) is 1.77. The van der Waals surface area contributed by atoms with Crippen LogP contribution in [0.4, 0.5) is 10.1 Å². The molecule has 24 heavy (non-hydrogen) atoms. The van der Waals surface area contributed by atoms with Gasteiger partial charge in [0.05, 0.1) is 12.8 Å². The Hall–Kier alpha value is -2.08. The Morgan fingerprint density at radius 2 is 2.12 bits per heavy atom. The summed E-state index contributed by atoms with van der Waals surface area (Å²) in [5, 5.41) is 0. The van der Waals surface area contributed by atoms with Crippen molar-refractivity contribution in [1.29, 1.82) is 0 Å². The number of halogens is 2. The summed E-state index contributed by atoms with van der Waals surface area (Å²) in [4.78, 5) is 14.3. The molecule has 4 nitrogen and oxygen atoms in total. The van der Waals surface area contributed by atoms with Crippen LogP contribution in [0.25, 0.3) is 0 Å². The molecule has 3 rings (SSSR count). The lowest BCUT2D eigenvalue weighted by molar-refractivity contribution is -0.120. The number of carbonyl (C=O) groups is 1. The molecule has 1 amide bonds. The second-order valence-electron chi connectivity index (χ2n) is 5.48. The number of hydrogen-bond donors (Lipinski definition) is 0. The first kappa shape index (κ1) is 16.8. The zero-order valence-electron chi connectivity index (χ0n) is 13.2. The van der Waals surface area contributed by atoms with Gasteiger partial charge in [-0.25, -0.2) is 4.39 Å². The van der Waals surface area contributed by atoms with Crippen molar-refractivity contribution in [3.63, 3.8) is 0 Å². The molecule has 0 spiro atoms. The fourth-order valence-corrected chi connectivity index (χ4v) is 3.17. The van der Waals surface area contributed by atoms with E-state index in [9.17, 15) is 9.18 Å². The van der Waals surface area contributed by atoms with Crippen molar-refractivity contribution in [3.8, 4) is 11.5 Å². The van der Waals surface area contributed by atoms with E-state index in [1.54, 1.807) is 18.1 Å². The van der Waals surface area contributed by atoms with Gasteiger partial charge in [-0.1, -0.05) is 28.1 Å². The van der Waals surface area contributed by atoms with Gasteiger partial charge in [-0.2, -0.15) is 0 Å². The highest BCUT2D eigenvalue weighted by molar-refractivity contribution is 9.10. The van der Waals surface area contributed by atoms with Crippen molar-refractivity contribution in [2.24, 2.45) is 0 Å². The Bertz CT molecular complexity index is 752. The molecule has 0 fully saturated rings. The molecule has 0 aromatic heterocycles. The third kappa shape index (κ3) is 3.38. The Morgan fingerprint density at radius 1 is 1.29 bits per heavy atom. The van der Waals surface area contributed by atoms with Crippen LogP contribution in [0.3, 0.4) is 0 Å². The van der Waals surface area contributed by atoms with E-state index < -0.39 is 5.82 Å². The number of rotatable bonds is 4. The fraction of sp³-hybridized carbons (Fsp3) is 0.278. The van der Waals surface area contributed by atoms with E-state index in [-0.39, 0.29) is 18.3 Å². The Morgan fingerprint density at radius 3 is 2.88 bits per heavy atom. The van der Waals surface area contributed by atoms with Crippen LogP contribution in [0, 0.1) is 5.82 Å². The second kappa shape index (κ2) is 7.21. The van der Waals surface area contributed by atoms with Gasteiger partial charge in [0, 0.05) is 11.0 Å². The van der Waals surface area contributed by atoms with Crippen LogP contribution in [0.5, 0.6) is 11.5 Å². The average molecular weight is 394 g/mol. The summed E-state index contributed by atoms with van der Waals surface area (Å²) in [5.41, 5.74) is 1.86. The molecule has 0 N–H and O–H groups in total. The fourth-order valence-electron chi connectivity index (χ4n) is 2.84. The third-order valence-electron chi connectivity index (χ3n) is 3.95. The minimum Gasteiger partial charge on any atom is -0.495 e. The third-order valence-corrected chi connectivity index (χ3v) is 4.44. The van der Waals surface area contributed by atoms with Gasteiger partial charge in [0.2, 0.25) is 0 Å². The molecule has 0 saturated carbocycles. The normalized spacial score (nSPS) is 13.4. The lowest BCUT2D eigenvalue weighted by Gasteiger charge is -2.30. The maximum Gasteiger partial charge on any atom is 0.265 e. The summed E-state index contributed by atoms with van der Waals surface area (Å²) >= 11 is 3.19. The molecule has 6 heteroatoms. The molecule has 1 heterocycles. The maximum atomic E-state index is 13.8. The number of ether oxygens (including phenoxy) is 2. The zero-order chi connectivity index (χ0) is 17.1. The van der Waals surface area contributed by atoms with Crippen LogP contribution in [0.1, 0.15) is 12.0 Å². The predicted octanol–water partition coefficient (Wildman–Crippen LogP) is 3.96.